The summed E-state index contributed by atoms with van der Waals surface area (Å²) in [6.45, 7) is 0.258. The van der Waals surface area contributed by atoms with Crippen molar-refractivity contribution in [1.29, 1.82) is 0 Å². The van der Waals surface area contributed by atoms with Crippen molar-refractivity contribution < 1.29 is 19.1 Å². The quantitative estimate of drug-likeness (QED) is 0.505. The van der Waals surface area contributed by atoms with Crippen molar-refractivity contribution in [2.45, 2.75) is 29.9 Å². The number of amides is 1. The van der Waals surface area contributed by atoms with Crippen LogP contribution in [0.1, 0.15) is 24.4 Å². The predicted octanol–water partition coefficient (Wildman–Crippen LogP) is 1.91. The van der Waals surface area contributed by atoms with Gasteiger partial charge in [0, 0.05) is 18.6 Å². The fourth-order valence-corrected chi connectivity index (χ4v) is 2.47. The summed E-state index contributed by atoms with van der Waals surface area (Å²) in [5.41, 5.74) is 6.38. The second-order valence-electron chi connectivity index (χ2n) is 4.97. The lowest BCUT2D eigenvalue weighted by Crippen LogP contribution is -2.35. The minimum absolute atomic E-state index is 0. The van der Waals surface area contributed by atoms with Crippen molar-refractivity contribution >= 4 is 36.0 Å². The fourth-order valence-electron chi connectivity index (χ4n) is 2.06. The van der Waals surface area contributed by atoms with E-state index in [9.17, 15) is 9.59 Å². The molecule has 2 unspecified atom stereocenters. The number of nitrogens with two attached hydrogens (primary N) is 1. The van der Waals surface area contributed by atoms with Crippen LogP contribution in [0.15, 0.2) is 29.2 Å². The molecule has 0 aliphatic heterocycles. The summed E-state index contributed by atoms with van der Waals surface area (Å²) in [4.78, 5) is 24.9. The third kappa shape index (κ3) is 7.53. The molecule has 0 radical (unpaired) electrons. The highest BCUT2D eigenvalue weighted by Gasteiger charge is 2.20. The third-order valence-corrected chi connectivity index (χ3v) is 4.20. The van der Waals surface area contributed by atoms with Gasteiger partial charge >= 0.3 is 5.97 Å². The molecule has 0 saturated heterocycles. The molecule has 0 aliphatic carbocycles. The molecule has 0 bridgehead atoms. The van der Waals surface area contributed by atoms with Gasteiger partial charge in [0.05, 0.1) is 32.1 Å². The van der Waals surface area contributed by atoms with E-state index >= 15 is 0 Å². The molecule has 0 aliphatic rings. The van der Waals surface area contributed by atoms with Gasteiger partial charge in [-0.15, -0.1) is 24.2 Å². The van der Waals surface area contributed by atoms with Crippen molar-refractivity contribution in [3.05, 3.63) is 29.8 Å². The lowest BCUT2D eigenvalue weighted by Gasteiger charge is -2.20. The molecule has 1 aromatic carbocycles. The van der Waals surface area contributed by atoms with Gasteiger partial charge in [-0.05, 0) is 24.0 Å². The first-order chi connectivity index (χ1) is 11.0. The van der Waals surface area contributed by atoms with Gasteiger partial charge in [-0.25, -0.2) is 0 Å². The smallest absolute Gasteiger partial charge is 0.307 e. The van der Waals surface area contributed by atoms with Crippen LogP contribution in [0.2, 0.25) is 0 Å². The molecule has 136 valence electrons. The Morgan fingerprint density at radius 1 is 1.21 bits per heavy atom. The number of benzene rings is 1. The molecule has 6 nitrogen and oxygen atoms in total. The number of hydrogen-bond donors (Lipinski definition) is 2. The summed E-state index contributed by atoms with van der Waals surface area (Å²) < 4.78 is 9.82. The Morgan fingerprint density at radius 2 is 1.83 bits per heavy atom. The third-order valence-electron chi connectivity index (χ3n) is 3.46. The molecule has 2 atom stereocenters. The van der Waals surface area contributed by atoms with E-state index in [2.05, 4.69) is 5.32 Å². The van der Waals surface area contributed by atoms with E-state index in [4.69, 9.17) is 15.2 Å². The molecule has 0 saturated carbocycles. The Kier molecular flexibility index (Phi) is 11.5. The average molecular weight is 377 g/mol. The maximum absolute atomic E-state index is 12.1. The zero-order valence-corrected chi connectivity index (χ0v) is 15.7. The maximum atomic E-state index is 12.1. The standard InChI is InChI=1S/C16H24N2O4S.ClH/c1-21-12(10-17)8-15(19)18-14(9-16(20)22-2)11-4-6-13(23-3)7-5-11;/h4-7,12,14H,8-10,17H2,1-3H3,(H,18,19);1H. The number of ether oxygens (including phenoxy) is 2. The first-order valence-electron chi connectivity index (χ1n) is 7.27. The predicted molar refractivity (Wildman–Crippen MR) is 97.5 cm³/mol. The van der Waals surface area contributed by atoms with Crippen LogP contribution in [0, 0.1) is 0 Å². The summed E-state index contributed by atoms with van der Waals surface area (Å²) in [6, 6.07) is 7.26. The van der Waals surface area contributed by atoms with Crippen molar-refractivity contribution in [2.24, 2.45) is 5.73 Å². The van der Waals surface area contributed by atoms with E-state index in [1.165, 1.54) is 14.2 Å². The monoisotopic (exact) mass is 376 g/mol. The number of hydrogen-bond acceptors (Lipinski definition) is 6. The summed E-state index contributed by atoms with van der Waals surface area (Å²) in [7, 11) is 2.84. The molecule has 3 N–H and O–H groups in total. The molecule has 0 spiro atoms. The Morgan fingerprint density at radius 3 is 2.29 bits per heavy atom. The summed E-state index contributed by atoms with van der Waals surface area (Å²) >= 11 is 1.63. The number of carbonyl (C=O) groups excluding carboxylic acids is 2. The van der Waals surface area contributed by atoms with Crippen LogP contribution in [0.5, 0.6) is 0 Å². The van der Waals surface area contributed by atoms with Gasteiger partial charge < -0.3 is 20.5 Å². The van der Waals surface area contributed by atoms with Gasteiger partial charge in [0.25, 0.3) is 0 Å². The number of carbonyl (C=O) groups is 2. The van der Waals surface area contributed by atoms with E-state index in [0.717, 1.165) is 10.5 Å². The van der Waals surface area contributed by atoms with Gasteiger partial charge in [0.2, 0.25) is 5.91 Å². The Bertz CT molecular complexity index is 509. The Labute approximate surface area is 153 Å². The zero-order chi connectivity index (χ0) is 17.2. The van der Waals surface area contributed by atoms with Gasteiger partial charge in [0.1, 0.15) is 0 Å². The minimum Gasteiger partial charge on any atom is -0.469 e. The van der Waals surface area contributed by atoms with Crippen LogP contribution in [0.3, 0.4) is 0 Å². The second kappa shape index (κ2) is 12.1. The van der Waals surface area contributed by atoms with Gasteiger partial charge in [0.15, 0.2) is 0 Å². The van der Waals surface area contributed by atoms with Crippen LogP contribution in [0.4, 0.5) is 0 Å². The number of methoxy groups -OCH3 is 2. The lowest BCUT2D eigenvalue weighted by atomic mass is 10.0. The van der Waals surface area contributed by atoms with Crippen molar-refractivity contribution in [2.75, 3.05) is 27.0 Å². The first-order valence-corrected chi connectivity index (χ1v) is 8.49. The number of rotatable bonds is 9. The summed E-state index contributed by atoms with van der Waals surface area (Å²) in [5.74, 6) is -0.600. The average Bonchev–Trinajstić information content (AvgIpc) is 2.58. The van der Waals surface area contributed by atoms with Crippen LogP contribution in [0.25, 0.3) is 0 Å². The SMILES string of the molecule is COC(=O)CC(NC(=O)CC(CN)OC)c1ccc(SC)cc1.Cl. The van der Waals surface area contributed by atoms with E-state index in [0.29, 0.717) is 0 Å². The van der Waals surface area contributed by atoms with E-state index in [1.807, 2.05) is 30.5 Å². The van der Waals surface area contributed by atoms with E-state index in [1.54, 1.807) is 11.8 Å². The summed E-state index contributed by atoms with van der Waals surface area (Å²) in [5, 5.41) is 2.85. The minimum atomic E-state index is -0.443. The molecule has 24 heavy (non-hydrogen) atoms. The van der Waals surface area contributed by atoms with Crippen molar-refractivity contribution in [3.8, 4) is 0 Å². The topological polar surface area (TPSA) is 90.7 Å². The largest absolute Gasteiger partial charge is 0.469 e. The highest BCUT2D eigenvalue weighted by molar-refractivity contribution is 7.98. The zero-order valence-electron chi connectivity index (χ0n) is 14.1. The number of halogens is 1. The van der Waals surface area contributed by atoms with Gasteiger partial charge in [-0.3, -0.25) is 9.59 Å². The number of nitrogens with one attached hydrogen (secondary N) is 1. The molecule has 0 aromatic heterocycles. The first kappa shape index (κ1) is 22.7. The normalized spacial score (nSPS) is 12.7. The van der Waals surface area contributed by atoms with Crippen molar-refractivity contribution in [3.63, 3.8) is 0 Å². The highest BCUT2D eigenvalue weighted by atomic mass is 35.5. The molecule has 8 heteroatoms. The molecular formula is C16H25ClN2O4S. The summed E-state index contributed by atoms with van der Waals surface area (Å²) in [6.07, 6.45) is 1.86. The fraction of sp³-hybridized carbons (Fsp3) is 0.500. The van der Waals surface area contributed by atoms with Crippen LogP contribution in [-0.2, 0) is 19.1 Å². The van der Waals surface area contributed by atoms with Crippen LogP contribution in [-0.4, -0.2) is 45.0 Å². The van der Waals surface area contributed by atoms with Crippen LogP contribution < -0.4 is 11.1 Å². The highest BCUT2D eigenvalue weighted by Crippen LogP contribution is 2.22. The molecular weight excluding hydrogens is 352 g/mol. The molecule has 0 heterocycles. The van der Waals surface area contributed by atoms with Crippen LogP contribution >= 0.6 is 24.2 Å². The molecule has 1 aromatic rings. The Balaban J connectivity index is 0.00000529. The van der Waals surface area contributed by atoms with Crippen molar-refractivity contribution in [1.82, 2.24) is 5.32 Å². The molecule has 1 amide bonds. The lowest BCUT2D eigenvalue weighted by molar-refractivity contribution is -0.141. The van der Waals surface area contributed by atoms with Gasteiger partial charge in [-0.2, -0.15) is 0 Å². The number of esters is 1. The van der Waals surface area contributed by atoms with Gasteiger partial charge in [-0.1, -0.05) is 12.1 Å². The Hall–Kier alpha value is -1.28. The van der Waals surface area contributed by atoms with E-state index in [-0.39, 0.29) is 49.8 Å². The number of thioether (sulfide) groups is 1. The second-order valence-corrected chi connectivity index (χ2v) is 5.85. The van der Waals surface area contributed by atoms with E-state index < -0.39 is 6.04 Å². The molecule has 0 fully saturated rings. The molecule has 1 rings (SSSR count). The maximum Gasteiger partial charge on any atom is 0.307 e.